The number of hydrogen-bond donors (Lipinski definition) is 1. The van der Waals surface area contributed by atoms with Crippen LogP contribution in [-0.2, 0) is 4.74 Å². The van der Waals surface area contributed by atoms with Gasteiger partial charge in [0.15, 0.2) is 11.5 Å². The SMILES string of the molecule is COc1cc(N)ccc1OCC1CCC2(CCCC2)O1. The first kappa shape index (κ1) is 13.6. The Kier molecular flexibility index (Phi) is 3.74. The molecule has 1 saturated carbocycles. The number of anilines is 1. The number of rotatable bonds is 4. The van der Waals surface area contributed by atoms with Gasteiger partial charge in [-0.15, -0.1) is 0 Å². The molecule has 20 heavy (non-hydrogen) atoms. The molecule has 1 aromatic rings. The summed E-state index contributed by atoms with van der Waals surface area (Å²) in [5, 5.41) is 0. The lowest BCUT2D eigenvalue weighted by molar-refractivity contribution is -0.0510. The molecule has 0 radical (unpaired) electrons. The molecule has 1 aliphatic heterocycles. The lowest BCUT2D eigenvalue weighted by atomic mass is 9.98. The predicted octanol–water partition coefficient (Wildman–Crippen LogP) is 3.15. The van der Waals surface area contributed by atoms with Crippen molar-refractivity contribution in [3.05, 3.63) is 18.2 Å². The maximum Gasteiger partial charge on any atom is 0.162 e. The van der Waals surface area contributed by atoms with E-state index in [2.05, 4.69) is 0 Å². The normalized spacial score (nSPS) is 24.1. The van der Waals surface area contributed by atoms with Gasteiger partial charge in [0.25, 0.3) is 0 Å². The first-order valence-electron chi connectivity index (χ1n) is 7.45. The number of nitrogen functional groups attached to an aromatic ring is 1. The Morgan fingerprint density at radius 3 is 2.80 bits per heavy atom. The summed E-state index contributed by atoms with van der Waals surface area (Å²) < 4.78 is 17.4. The van der Waals surface area contributed by atoms with Gasteiger partial charge in [0, 0.05) is 11.8 Å². The van der Waals surface area contributed by atoms with E-state index in [0.717, 1.165) is 12.2 Å². The molecule has 2 fully saturated rings. The smallest absolute Gasteiger partial charge is 0.162 e. The van der Waals surface area contributed by atoms with Crippen molar-refractivity contribution in [2.24, 2.45) is 0 Å². The Balaban J connectivity index is 1.57. The molecule has 1 spiro atoms. The Morgan fingerprint density at radius 2 is 2.05 bits per heavy atom. The van der Waals surface area contributed by atoms with Crippen LogP contribution in [0.25, 0.3) is 0 Å². The summed E-state index contributed by atoms with van der Waals surface area (Å²) in [6, 6.07) is 5.46. The monoisotopic (exact) mass is 277 g/mol. The molecule has 1 saturated heterocycles. The lowest BCUT2D eigenvalue weighted by Crippen LogP contribution is -2.27. The summed E-state index contributed by atoms with van der Waals surface area (Å²) in [6.07, 6.45) is 7.52. The van der Waals surface area contributed by atoms with Crippen LogP contribution in [0, 0.1) is 0 Å². The van der Waals surface area contributed by atoms with Crippen molar-refractivity contribution in [1.29, 1.82) is 0 Å². The average molecular weight is 277 g/mol. The minimum Gasteiger partial charge on any atom is -0.493 e. The molecule has 4 heteroatoms. The van der Waals surface area contributed by atoms with E-state index in [9.17, 15) is 0 Å². The third kappa shape index (κ3) is 2.70. The van der Waals surface area contributed by atoms with Gasteiger partial charge < -0.3 is 19.9 Å². The van der Waals surface area contributed by atoms with Crippen LogP contribution in [0.4, 0.5) is 5.69 Å². The van der Waals surface area contributed by atoms with E-state index >= 15 is 0 Å². The van der Waals surface area contributed by atoms with E-state index in [-0.39, 0.29) is 11.7 Å². The van der Waals surface area contributed by atoms with Crippen molar-refractivity contribution < 1.29 is 14.2 Å². The third-order valence-electron chi connectivity index (χ3n) is 4.47. The Hall–Kier alpha value is -1.42. The van der Waals surface area contributed by atoms with Crippen molar-refractivity contribution in [1.82, 2.24) is 0 Å². The first-order valence-corrected chi connectivity index (χ1v) is 7.45. The fraction of sp³-hybridized carbons (Fsp3) is 0.625. The molecule has 4 nitrogen and oxygen atoms in total. The fourth-order valence-corrected chi connectivity index (χ4v) is 3.39. The van der Waals surface area contributed by atoms with Crippen LogP contribution in [0.5, 0.6) is 11.5 Å². The second-order valence-corrected chi connectivity index (χ2v) is 5.89. The molecule has 0 aromatic heterocycles. The Bertz CT molecular complexity index is 469. The summed E-state index contributed by atoms with van der Waals surface area (Å²) in [7, 11) is 1.63. The number of ether oxygens (including phenoxy) is 3. The van der Waals surface area contributed by atoms with Crippen LogP contribution in [0.15, 0.2) is 18.2 Å². The van der Waals surface area contributed by atoms with E-state index in [4.69, 9.17) is 19.9 Å². The zero-order valence-corrected chi connectivity index (χ0v) is 12.1. The summed E-state index contributed by atoms with van der Waals surface area (Å²) in [6.45, 7) is 0.585. The van der Waals surface area contributed by atoms with Gasteiger partial charge in [0.2, 0.25) is 0 Å². The van der Waals surface area contributed by atoms with Crippen molar-refractivity contribution in [3.63, 3.8) is 0 Å². The summed E-state index contributed by atoms with van der Waals surface area (Å²) in [4.78, 5) is 0. The van der Waals surface area contributed by atoms with Gasteiger partial charge in [-0.05, 0) is 37.8 Å². The Labute approximate surface area is 120 Å². The maximum absolute atomic E-state index is 6.24. The van der Waals surface area contributed by atoms with Gasteiger partial charge in [-0.2, -0.15) is 0 Å². The minimum atomic E-state index is 0.166. The largest absolute Gasteiger partial charge is 0.493 e. The van der Waals surface area contributed by atoms with Crippen molar-refractivity contribution in [3.8, 4) is 11.5 Å². The summed E-state index contributed by atoms with van der Waals surface area (Å²) in [5.74, 6) is 1.41. The number of hydrogen-bond acceptors (Lipinski definition) is 4. The van der Waals surface area contributed by atoms with Crippen molar-refractivity contribution >= 4 is 5.69 Å². The lowest BCUT2D eigenvalue weighted by Gasteiger charge is -2.24. The third-order valence-corrected chi connectivity index (χ3v) is 4.47. The zero-order valence-electron chi connectivity index (χ0n) is 12.1. The molecule has 2 N–H and O–H groups in total. The van der Waals surface area contributed by atoms with Crippen molar-refractivity contribution in [2.45, 2.75) is 50.2 Å². The topological polar surface area (TPSA) is 53.7 Å². The molecule has 1 aromatic carbocycles. The molecule has 1 aliphatic carbocycles. The highest BCUT2D eigenvalue weighted by Gasteiger charge is 2.42. The van der Waals surface area contributed by atoms with E-state index in [1.54, 1.807) is 13.2 Å². The second kappa shape index (κ2) is 5.52. The zero-order chi connectivity index (χ0) is 14.0. The van der Waals surface area contributed by atoms with Gasteiger partial charge in [0.1, 0.15) is 6.61 Å². The van der Waals surface area contributed by atoms with Gasteiger partial charge in [-0.25, -0.2) is 0 Å². The highest BCUT2D eigenvalue weighted by atomic mass is 16.6. The molecule has 110 valence electrons. The number of benzene rings is 1. The van der Waals surface area contributed by atoms with Gasteiger partial charge in [-0.1, -0.05) is 12.8 Å². The highest BCUT2D eigenvalue weighted by Crippen LogP contribution is 2.43. The molecule has 0 amide bonds. The highest BCUT2D eigenvalue weighted by molar-refractivity contribution is 5.51. The van der Waals surface area contributed by atoms with Crippen LogP contribution in [-0.4, -0.2) is 25.4 Å². The summed E-state index contributed by atoms with van der Waals surface area (Å²) in [5.41, 5.74) is 6.58. The van der Waals surface area contributed by atoms with Gasteiger partial charge in [-0.3, -0.25) is 0 Å². The predicted molar refractivity (Wildman–Crippen MR) is 78.2 cm³/mol. The number of nitrogens with two attached hydrogens (primary N) is 1. The Morgan fingerprint density at radius 1 is 1.25 bits per heavy atom. The molecule has 3 rings (SSSR count). The molecular weight excluding hydrogens is 254 g/mol. The molecule has 2 aliphatic rings. The minimum absolute atomic E-state index is 0.166. The molecular formula is C16H23NO3. The van der Waals surface area contributed by atoms with Gasteiger partial charge >= 0.3 is 0 Å². The standard InChI is InChI=1S/C16H23NO3/c1-18-15-10-12(17)4-5-14(15)19-11-13-6-9-16(20-13)7-2-3-8-16/h4-5,10,13H,2-3,6-9,11,17H2,1H3. The number of methoxy groups -OCH3 is 1. The maximum atomic E-state index is 6.24. The molecule has 1 heterocycles. The average Bonchev–Trinajstić information content (AvgIpc) is 3.08. The van der Waals surface area contributed by atoms with Crippen LogP contribution in [0.2, 0.25) is 0 Å². The molecule has 1 unspecified atom stereocenters. The fourth-order valence-electron chi connectivity index (χ4n) is 3.39. The second-order valence-electron chi connectivity index (χ2n) is 5.89. The van der Waals surface area contributed by atoms with E-state index < -0.39 is 0 Å². The molecule has 1 atom stereocenters. The van der Waals surface area contributed by atoms with E-state index in [1.165, 1.54) is 32.1 Å². The quantitative estimate of drug-likeness (QED) is 0.859. The van der Waals surface area contributed by atoms with Crippen LogP contribution in [0.1, 0.15) is 38.5 Å². The first-order chi connectivity index (χ1) is 9.71. The van der Waals surface area contributed by atoms with Gasteiger partial charge in [0.05, 0.1) is 18.8 Å². The van der Waals surface area contributed by atoms with Crippen LogP contribution >= 0.6 is 0 Å². The molecule has 0 bridgehead atoms. The van der Waals surface area contributed by atoms with E-state index in [0.29, 0.717) is 18.0 Å². The van der Waals surface area contributed by atoms with Crippen LogP contribution < -0.4 is 15.2 Å². The van der Waals surface area contributed by atoms with E-state index in [1.807, 2.05) is 12.1 Å². The summed E-state index contributed by atoms with van der Waals surface area (Å²) >= 11 is 0. The van der Waals surface area contributed by atoms with Crippen molar-refractivity contribution in [2.75, 3.05) is 19.5 Å². The van der Waals surface area contributed by atoms with Crippen LogP contribution in [0.3, 0.4) is 0 Å².